The summed E-state index contributed by atoms with van der Waals surface area (Å²) in [7, 11) is 0. The molecule has 4 nitrogen and oxygen atoms in total. The average Bonchev–Trinajstić information content (AvgIpc) is 3.23. The van der Waals surface area contributed by atoms with Crippen molar-refractivity contribution >= 4 is 28.4 Å². The highest BCUT2D eigenvalue weighted by Crippen LogP contribution is 2.40. The Kier molecular flexibility index (Phi) is 5.66. The number of hydrogen-bond acceptors (Lipinski definition) is 4. The van der Waals surface area contributed by atoms with E-state index in [0.717, 1.165) is 10.8 Å². The fourth-order valence-corrected chi connectivity index (χ4v) is 5.19. The molecule has 0 spiro atoms. The minimum Gasteiger partial charge on any atom is -0.493 e. The number of fused-ring (bicyclic) bond motifs is 2. The van der Waals surface area contributed by atoms with Crippen molar-refractivity contribution in [3.63, 3.8) is 0 Å². The predicted octanol–water partition coefficient (Wildman–Crippen LogP) is 5.57. The highest BCUT2D eigenvalue weighted by Gasteiger charge is 2.41. The van der Waals surface area contributed by atoms with E-state index in [1.165, 1.54) is 16.0 Å². The van der Waals surface area contributed by atoms with Crippen LogP contribution in [0.1, 0.15) is 28.8 Å². The molecule has 1 N–H and O–H groups in total. The molecule has 0 saturated carbocycles. The van der Waals surface area contributed by atoms with Crippen LogP contribution in [0.15, 0.2) is 89.5 Å². The number of benzene rings is 3. The number of nitrogens with zero attached hydrogens (tertiary/aromatic N) is 1. The summed E-state index contributed by atoms with van der Waals surface area (Å²) in [6, 6.07) is 20.6. The third-order valence-corrected chi connectivity index (χ3v) is 6.93. The summed E-state index contributed by atoms with van der Waals surface area (Å²) in [4.78, 5) is 17.2. The largest absolute Gasteiger partial charge is 0.493 e. The molecule has 0 bridgehead atoms. The van der Waals surface area contributed by atoms with Gasteiger partial charge >= 0.3 is 0 Å². The molecule has 3 aromatic rings. The highest BCUT2D eigenvalue weighted by atomic mass is 32.2. The third kappa shape index (κ3) is 3.56. The maximum Gasteiger partial charge on any atom is 0.260 e. The number of likely N-dealkylation sites (tertiary alicyclic amines) is 1. The quantitative estimate of drug-likeness (QED) is 0.525. The molecule has 2 aliphatic heterocycles. The Morgan fingerprint density at radius 1 is 1.16 bits per heavy atom. The maximum atomic E-state index is 14.1. The van der Waals surface area contributed by atoms with E-state index in [9.17, 15) is 4.79 Å². The predicted molar refractivity (Wildman–Crippen MR) is 131 cm³/mol. The van der Waals surface area contributed by atoms with Crippen LogP contribution in [-0.2, 0) is 0 Å². The molecule has 2 heterocycles. The van der Waals surface area contributed by atoms with Crippen molar-refractivity contribution in [2.45, 2.75) is 23.9 Å². The zero-order chi connectivity index (χ0) is 22.1. The van der Waals surface area contributed by atoms with Crippen molar-refractivity contribution in [3.05, 3.63) is 95.7 Å². The van der Waals surface area contributed by atoms with Crippen LogP contribution in [0.4, 0.5) is 0 Å². The number of ether oxygens (including phenoxy) is 1. The van der Waals surface area contributed by atoms with E-state index in [4.69, 9.17) is 4.74 Å². The van der Waals surface area contributed by atoms with Gasteiger partial charge in [0.2, 0.25) is 0 Å². The Morgan fingerprint density at radius 2 is 2.03 bits per heavy atom. The fourth-order valence-electron chi connectivity index (χ4n) is 4.73. The van der Waals surface area contributed by atoms with Crippen LogP contribution in [0.5, 0.6) is 5.75 Å². The van der Waals surface area contributed by atoms with Gasteiger partial charge in [0.15, 0.2) is 0 Å². The van der Waals surface area contributed by atoms with E-state index < -0.39 is 0 Å². The second-order valence-corrected chi connectivity index (χ2v) is 8.85. The van der Waals surface area contributed by atoms with E-state index in [0.29, 0.717) is 24.5 Å². The topological polar surface area (TPSA) is 41.6 Å². The molecule has 0 radical (unpaired) electrons. The summed E-state index contributed by atoms with van der Waals surface area (Å²) >= 11 is 1.74. The summed E-state index contributed by atoms with van der Waals surface area (Å²) in [5, 5.41) is 5.38. The number of carbonyl (C=O) groups is 1. The lowest BCUT2D eigenvalue weighted by atomic mass is 9.92. The molecule has 3 aromatic carbocycles. The van der Waals surface area contributed by atoms with Crippen LogP contribution >= 0.6 is 11.8 Å². The fraction of sp³-hybridized carbons (Fsp3) is 0.222. The maximum absolute atomic E-state index is 14.1. The van der Waals surface area contributed by atoms with Crippen molar-refractivity contribution in [2.24, 2.45) is 0 Å². The molecule has 0 aliphatic carbocycles. The molecular formula is C27H26N2O2S. The third-order valence-electron chi connectivity index (χ3n) is 6.21. The van der Waals surface area contributed by atoms with E-state index in [1.54, 1.807) is 11.8 Å². The van der Waals surface area contributed by atoms with Crippen LogP contribution < -0.4 is 10.1 Å². The van der Waals surface area contributed by atoms with Gasteiger partial charge in [-0.15, -0.1) is 11.8 Å². The first-order valence-corrected chi connectivity index (χ1v) is 12.2. The normalized spacial score (nSPS) is 19.4. The molecule has 1 amide bonds. The van der Waals surface area contributed by atoms with Crippen LogP contribution in [0, 0.1) is 0 Å². The number of thioether (sulfide) groups is 1. The summed E-state index contributed by atoms with van der Waals surface area (Å²) in [6.45, 7) is 3.08. The zero-order valence-electron chi connectivity index (χ0n) is 18.2. The molecule has 32 heavy (non-hydrogen) atoms. The number of nitrogens with one attached hydrogen (secondary N) is 1. The van der Waals surface area contributed by atoms with Crippen molar-refractivity contribution in [1.29, 1.82) is 0 Å². The van der Waals surface area contributed by atoms with Crippen molar-refractivity contribution < 1.29 is 9.53 Å². The van der Waals surface area contributed by atoms with E-state index in [1.807, 2.05) is 60.5 Å². The van der Waals surface area contributed by atoms with Crippen LogP contribution in [-0.4, -0.2) is 36.4 Å². The number of amides is 1. The Balaban J connectivity index is 1.58. The molecule has 2 unspecified atom stereocenters. The van der Waals surface area contributed by atoms with Gasteiger partial charge in [-0.05, 0) is 65.6 Å². The Morgan fingerprint density at radius 3 is 2.88 bits per heavy atom. The second-order valence-electron chi connectivity index (χ2n) is 7.97. The van der Waals surface area contributed by atoms with E-state index in [2.05, 4.69) is 41.9 Å². The number of dihydropyridines is 1. The van der Waals surface area contributed by atoms with Gasteiger partial charge in [0.1, 0.15) is 11.9 Å². The molecule has 162 valence electrons. The number of carbonyl (C=O) groups excluding carboxylic acids is 1. The summed E-state index contributed by atoms with van der Waals surface area (Å²) < 4.78 is 5.90. The van der Waals surface area contributed by atoms with Gasteiger partial charge < -0.3 is 15.0 Å². The zero-order valence-corrected chi connectivity index (χ0v) is 19.1. The average molecular weight is 443 g/mol. The minimum atomic E-state index is -0.163. The minimum absolute atomic E-state index is 0.00697. The van der Waals surface area contributed by atoms with Crippen LogP contribution in [0.2, 0.25) is 0 Å². The van der Waals surface area contributed by atoms with Gasteiger partial charge in [0.05, 0.1) is 12.2 Å². The molecule has 5 heteroatoms. The Bertz CT molecular complexity index is 1230. The molecule has 1 saturated heterocycles. The van der Waals surface area contributed by atoms with Gasteiger partial charge in [-0.1, -0.05) is 48.5 Å². The number of rotatable bonds is 5. The number of hydrogen-bond donors (Lipinski definition) is 1. The van der Waals surface area contributed by atoms with Gasteiger partial charge in [-0.2, -0.15) is 0 Å². The van der Waals surface area contributed by atoms with E-state index in [-0.39, 0.29) is 18.0 Å². The first-order valence-electron chi connectivity index (χ1n) is 10.9. The number of allylic oxidation sites excluding steroid dienone is 2. The summed E-state index contributed by atoms with van der Waals surface area (Å²) in [6.07, 6.45) is 8.02. The van der Waals surface area contributed by atoms with Gasteiger partial charge in [-0.25, -0.2) is 0 Å². The molecular weight excluding hydrogens is 416 g/mol. The monoisotopic (exact) mass is 442 g/mol. The standard InChI is InChI=1S/C27H26N2O2S/c1-3-31-24-14-13-18-8-4-5-11-21(18)25(24)27(30)29-17-23(22-12-7-15-28-26(22)29)19-9-6-10-20(16-19)32-2/h4-16,23,26,28H,3,17H2,1-2H3. The first-order chi connectivity index (χ1) is 15.7. The van der Waals surface area contributed by atoms with Gasteiger partial charge in [-0.3, -0.25) is 4.79 Å². The smallest absolute Gasteiger partial charge is 0.260 e. The molecule has 2 atom stereocenters. The van der Waals surface area contributed by atoms with Crippen LogP contribution in [0.25, 0.3) is 10.8 Å². The SMILES string of the molecule is CCOc1ccc2ccccc2c1C(=O)N1CC(c2cccc(SC)c2)C2=CC=CNC21. The molecule has 1 fully saturated rings. The first kappa shape index (κ1) is 20.7. The van der Waals surface area contributed by atoms with Crippen molar-refractivity contribution in [1.82, 2.24) is 10.2 Å². The summed E-state index contributed by atoms with van der Waals surface area (Å²) in [5.41, 5.74) is 3.10. The lowest BCUT2D eigenvalue weighted by Gasteiger charge is -2.28. The lowest BCUT2D eigenvalue weighted by Crippen LogP contribution is -2.44. The Labute approximate surface area is 193 Å². The van der Waals surface area contributed by atoms with E-state index >= 15 is 0 Å². The van der Waals surface area contributed by atoms with Crippen LogP contribution in [0.3, 0.4) is 0 Å². The van der Waals surface area contributed by atoms with Gasteiger partial charge in [0.25, 0.3) is 5.91 Å². The lowest BCUT2D eigenvalue weighted by molar-refractivity contribution is 0.0730. The second kappa shape index (κ2) is 8.75. The Hall–Kier alpha value is -3.18. The van der Waals surface area contributed by atoms with Crippen molar-refractivity contribution in [2.75, 3.05) is 19.4 Å². The molecule has 5 rings (SSSR count). The molecule has 0 aromatic heterocycles. The highest BCUT2D eigenvalue weighted by molar-refractivity contribution is 7.98. The van der Waals surface area contributed by atoms with Gasteiger partial charge in [0, 0.05) is 17.4 Å². The molecule has 2 aliphatic rings. The van der Waals surface area contributed by atoms with Crippen molar-refractivity contribution in [3.8, 4) is 5.75 Å². The summed E-state index contributed by atoms with van der Waals surface area (Å²) in [5.74, 6) is 0.785.